The number of carbonyl (C=O) groups excluding carboxylic acids is 1. The maximum Gasteiger partial charge on any atom is 0.243 e. The summed E-state index contributed by atoms with van der Waals surface area (Å²) >= 11 is 0. The predicted octanol–water partition coefficient (Wildman–Crippen LogP) is 3.85. The zero-order chi connectivity index (χ0) is 20.6. The summed E-state index contributed by atoms with van der Waals surface area (Å²) in [5.41, 5.74) is 1.69. The summed E-state index contributed by atoms with van der Waals surface area (Å²) in [4.78, 5) is 11.5. The van der Waals surface area contributed by atoms with Crippen molar-refractivity contribution in [2.45, 2.75) is 24.2 Å². The van der Waals surface area contributed by atoms with E-state index in [1.807, 2.05) is 49.4 Å². The number of hydrogen-bond acceptors (Lipinski definition) is 4. The molecule has 5 nitrogen and oxygen atoms in total. The van der Waals surface area contributed by atoms with E-state index in [9.17, 15) is 18.3 Å². The van der Waals surface area contributed by atoms with Crippen molar-refractivity contribution in [1.82, 2.24) is 4.31 Å². The van der Waals surface area contributed by atoms with Gasteiger partial charge in [-0.05, 0) is 35.9 Å². The van der Waals surface area contributed by atoms with Crippen molar-refractivity contribution < 1.29 is 18.3 Å². The third-order valence-electron chi connectivity index (χ3n) is 5.76. The maximum absolute atomic E-state index is 13.5. The molecule has 0 saturated carbocycles. The molecule has 150 valence electrons. The molecular formula is C23H23NO4S. The molecular weight excluding hydrogens is 386 g/mol. The minimum Gasteiger partial charge on any atom is -0.508 e. The molecule has 0 bridgehead atoms. The number of nitrogens with zero attached hydrogens (tertiary/aromatic N) is 1. The fraction of sp³-hybridized carbons (Fsp3) is 0.261. The van der Waals surface area contributed by atoms with Gasteiger partial charge in [-0.1, -0.05) is 54.1 Å². The van der Waals surface area contributed by atoms with E-state index in [-0.39, 0.29) is 42.0 Å². The van der Waals surface area contributed by atoms with E-state index >= 15 is 0 Å². The van der Waals surface area contributed by atoms with Gasteiger partial charge in [0.15, 0.2) is 0 Å². The van der Waals surface area contributed by atoms with Crippen molar-refractivity contribution in [2.75, 3.05) is 13.1 Å². The first-order valence-electron chi connectivity index (χ1n) is 9.63. The Morgan fingerprint density at radius 1 is 1.07 bits per heavy atom. The van der Waals surface area contributed by atoms with Gasteiger partial charge in [-0.15, -0.1) is 0 Å². The van der Waals surface area contributed by atoms with Crippen LogP contribution in [0.4, 0.5) is 0 Å². The molecule has 1 aliphatic heterocycles. The van der Waals surface area contributed by atoms with Crippen LogP contribution < -0.4 is 0 Å². The molecule has 0 amide bonds. The summed E-state index contributed by atoms with van der Waals surface area (Å²) in [6, 6.07) is 18.0. The van der Waals surface area contributed by atoms with Crippen LogP contribution >= 0.6 is 0 Å². The van der Waals surface area contributed by atoms with Crippen LogP contribution in [-0.4, -0.2) is 37.2 Å². The predicted molar refractivity (Wildman–Crippen MR) is 112 cm³/mol. The van der Waals surface area contributed by atoms with Gasteiger partial charge >= 0.3 is 0 Å². The number of aryl methyl sites for hydroxylation is 1. The van der Waals surface area contributed by atoms with Crippen LogP contribution in [-0.2, 0) is 14.8 Å². The van der Waals surface area contributed by atoms with E-state index in [1.54, 1.807) is 18.2 Å². The Morgan fingerprint density at radius 2 is 1.83 bits per heavy atom. The molecule has 3 aromatic rings. The Kier molecular flexibility index (Phi) is 5.15. The van der Waals surface area contributed by atoms with Crippen molar-refractivity contribution >= 4 is 27.1 Å². The standard InChI is InChI=1S/C23H23NO4S/c1-16-9-10-22(26)20(13-16)21-15-24(14-18(21)11-12-25)29(27,28)23-8-4-6-17-5-2-3-7-19(17)23/h2-10,12-13,18,21,26H,11,14-15H2,1H3/t18-,21+/m0/s1. The molecule has 1 heterocycles. The summed E-state index contributed by atoms with van der Waals surface area (Å²) in [5, 5.41) is 11.9. The number of hydrogen-bond donors (Lipinski definition) is 1. The normalized spacial score (nSPS) is 20.2. The Morgan fingerprint density at radius 3 is 2.62 bits per heavy atom. The first-order chi connectivity index (χ1) is 13.9. The smallest absolute Gasteiger partial charge is 0.243 e. The Bertz CT molecular complexity index is 1170. The summed E-state index contributed by atoms with van der Waals surface area (Å²) < 4.78 is 28.5. The highest BCUT2D eigenvalue weighted by Gasteiger charge is 2.41. The third kappa shape index (κ3) is 3.54. The molecule has 1 aliphatic rings. The van der Waals surface area contributed by atoms with Crippen LogP contribution in [0.2, 0.25) is 0 Å². The highest BCUT2D eigenvalue weighted by Crippen LogP contribution is 2.41. The van der Waals surface area contributed by atoms with Gasteiger partial charge in [0.05, 0.1) is 4.90 Å². The van der Waals surface area contributed by atoms with Crippen LogP contribution in [0, 0.1) is 12.8 Å². The van der Waals surface area contributed by atoms with Gasteiger partial charge < -0.3 is 9.90 Å². The number of aromatic hydroxyl groups is 1. The molecule has 0 spiro atoms. The van der Waals surface area contributed by atoms with E-state index in [1.165, 1.54) is 4.31 Å². The van der Waals surface area contributed by atoms with Crippen molar-refractivity contribution in [3.05, 3.63) is 71.8 Å². The van der Waals surface area contributed by atoms with E-state index in [0.29, 0.717) is 10.9 Å². The fourth-order valence-corrected chi connectivity index (χ4v) is 6.01. The molecule has 1 fully saturated rings. The maximum atomic E-state index is 13.5. The second kappa shape index (κ2) is 7.61. The van der Waals surface area contributed by atoms with Crippen LogP contribution in [0.3, 0.4) is 0 Å². The number of carbonyl (C=O) groups is 1. The SMILES string of the molecule is Cc1ccc(O)c([C@@H]2CN(S(=O)(=O)c3cccc4ccccc34)C[C@@H]2CC=O)c1. The number of fused-ring (bicyclic) bond motifs is 1. The number of rotatable bonds is 5. The molecule has 6 heteroatoms. The average molecular weight is 410 g/mol. The second-order valence-corrected chi connectivity index (χ2v) is 9.54. The molecule has 0 radical (unpaired) electrons. The molecule has 4 rings (SSSR count). The van der Waals surface area contributed by atoms with Gasteiger partial charge in [0.1, 0.15) is 12.0 Å². The first-order valence-corrected chi connectivity index (χ1v) is 11.1. The van der Waals surface area contributed by atoms with Gasteiger partial charge in [0.25, 0.3) is 0 Å². The summed E-state index contributed by atoms with van der Waals surface area (Å²) in [7, 11) is -3.74. The van der Waals surface area contributed by atoms with Crippen molar-refractivity contribution in [3.8, 4) is 5.75 Å². The monoisotopic (exact) mass is 409 g/mol. The molecule has 0 aromatic heterocycles. The van der Waals surface area contributed by atoms with E-state index in [0.717, 1.165) is 17.2 Å². The van der Waals surface area contributed by atoms with Crippen LogP contribution in [0.15, 0.2) is 65.6 Å². The van der Waals surface area contributed by atoms with Gasteiger partial charge in [-0.25, -0.2) is 8.42 Å². The lowest BCUT2D eigenvalue weighted by atomic mass is 9.86. The average Bonchev–Trinajstić information content (AvgIpc) is 3.14. The molecule has 0 unspecified atom stereocenters. The second-order valence-electron chi connectivity index (χ2n) is 7.63. The molecule has 3 aromatic carbocycles. The molecule has 1 N–H and O–H groups in total. The topological polar surface area (TPSA) is 74.7 Å². The van der Waals surface area contributed by atoms with Crippen molar-refractivity contribution in [2.24, 2.45) is 5.92 Å². The lowest BCUT2D eigenvalue weighted by Gasteiger charge is -2.19. The van der Waals surface area contributed by atoms with Crippen LogP contribution in [0.25, 0.3) is 10.8 Å². The van der Waals surface area contributed by atoms with Gasteiger partial charge in [-0.2, -0.15) is 4.31 Å². The van der Waals surface area contributed by atoms with Crippen LogP contribution in [0.5, 0.6) is 5.75 Å². The van der Waals surface area contributed by atoms with E-state index in [2.05, 4.69) is 0 Å². The number of aldehydes is 1. The molecule has 0 aliphatic carbocycles. The van der Waals surface area contributed by atoms with E-state index in [4.69, 9.17) is 0 Å². The Labute approximate surface area is 170 Å². The first kappa shape index (κ1) is 19.6. The van der Waals surface area contributed by atoms with Gasteiger partial charge in [-0.3, -0.25) is 0 Å². The van der Waals surface area contributed by atoms with Gasteiger partial charge in [0, 0.05) is 30.8 Å². The number of benzene rings is 3. The van der Waals surface area contributed by atoms with Gasteiger partial charge in [0.2, 0.25) is 10.0 Å². The Hall–Kier alpha value is -2.70. The zero-order valence-corrected chi connectivity index (χ0v) is 17.0. The minimum absolute atomic E-state index is 0.140. The highest BCUT2D eigenvalue weighted by molar-refractivity contribution is 7.89. The number of phenols is 1. The van der Waals surface area contributed by atoms with Crippen molar-refractivity contribution in [1.29, 1.82) is 0 Å². The summed E-state index contributed by atoms with van der Waals surface area (Å²) in [5.74, 6) is -0.268. The fourth-order valence-electron chi connectivity index (χ4n) is 4.27. The molecule has 1 saturated heterocycles. The summed E-state index contributed by atoms with van der Waals surface area (Å²) in [6.07, 6.45) is 1.08. The Balaban J connectivity index is 1.75. The molecule has 29 heavy (non-hydrogen) atoms. The largest absolute Gasteiger partial charge is 0.508 e. The quantitative estimate of drug-likeness (QED) is 0.650. The summed E-state index contributed by atoms with van der Waals surface area (Å²) in [6.45, 7) is 2.42. The third-order valence-corrected chi connectivity index (χ3v) is 7.65. The zero-order valence-electron chi connectivity index (χ0n) is 16.2. The number of sulfonamides is 1. The highest BCUT2D eigenvalue weighted by atomic mass is 32.2. The lowest BCUT2D eigenvalue weighted by molar-refractivity contribution is -0.108. The molecule has 2 atom stereocenters. The number of phenolic OH excluding ortho intramolecular Hbond substituents is 1. The minimum atomic E-state index is -3.74. The lowest BCUT2D eigenvalue weighted by Crippen LogP contribution is -2.29. The van der Waals surface area contributed by atoms with Crippen LogP contribution in [0.1, 0.15) is 23.5 Å². The van der Waals surface area contributed by atoms with Crippen molar-refractivity contribution in [3.63, 3.8) is 0 Å². The van der Waals surface area contributed by atoms with E-state index < -0.39 is 10.0 Å².